The molecule has 0 bridgehead atoms. The molecular formula is C16H13BrN2O2S. The van der Waals surface area contributed by atoms with E-state index in [4.69, 9.17) is 4.74 Å². The van der Waals surface area contributed by atoms with E-state index in [2.05, 4.69) is 21.2 Å². The molecule has 4 nitrogen and oxygen atoms in total. The van der Waals surface area contributed by atoms with Gasteiger partial charge in [-0.3, -0.25) is 4.79 Å². The fourth-order valence-electron chi connectivity index (χ4n) is 1.76. The van der Waals surface area contributed by atoms with Crippen molar-refractivity contribution in [3.63, 3.8) is 0 Å². The number of hydrogen-bond donors (Lipinski definition) is 1. The Morgan fingerprint density at radius 1 is 1.50 bits per heavy atom. The highest BCUT2D eigenvalue weighted by atomic mass is 79.9. The number of thiophene rings is 1. The highest BCUT2D eigenvalue weighted by Gasteiger charge is 2.09. The number of methoxy groups -OCH3 is 1. The first kappa shape index (κ1) is 16.3. The van der Waals surface area contributed by atoms with Gasteiger partial charge in [0.25, 0.3) is 5.91 Å². The third-order valence-electron chi connectivity index (χ3n) is 2.86. The molecule has 0 atom stereocenters. The van der Waals surface area contributed by atoms with E-state index in [1.54, 1.807) is 42.7 Å². The lowest BCUT2D eigenvalue weighted by Crippen LogP contribution is -2.23. The molecule has 0 spiro atoms. The lowest BCUT2D eigenvalue weighted by molar-refractivity contribution is -0.117. The summed E-state index contributed by atoms with van der Waals surface area (Å²) in [6.07, 6.45) is 1.55. The van der Waals surface area contributed by atoms with Crippen LogP contribution in [0.1, 0.15) is 10.4 Å². The van der Waals surface area contributed by atoms with Crippen LogP contribution < -0.4 is 10.1 Å². The fourth-order valence-corrected chi connectivity index (χ4v) is 2.97. The summed E-state index contributed by atoms with van der Waals surface area (Å²) in [5.41, 5.74) is 0.809. The number of halogens is 1. The van der Waals surface area contributed by atoms with Gasteiger partial charge in [0.15, 0.2) is 0 Å². The smallest absolute Gasteiger partial charge is 0.262 e. The van der Waals surface area contributed by atoms with Crippen molar-refractivity contribution in [1.82, 2.24) is 5.32 Å². The van der Waals surface area contributed by atoms with Crippen LogP contribution in [0.3, 0.4) is 0 Å². The standard InChI is InChI=1S/C16H13BrN2O2S/c1-21-15-5-4-11(8-14(15)17)7-12(9-18)16(20)19-10-13-3-2-6-22-13/h2-8H,10H2,1H3,(H,19,20). The maximum atomic E-state index is 12.0. The van der Waals surface area contributed by atoms with E-state index in [9.17, 15) is 10.1 Å². The summed E-state index contributed by atoms with van der Waals surface area (Å²) in [6, 6.07) is 11.1. The van der Waals surface area contributed by atoms with Crippen LogP contribution in [0.15, 0.2) is 45.8 Å². The van der Waals surface area contributed by atoms with E-state index in [1.807, 2.05) is 23.6 Å². The number of ether oxygens (including phenoxy) is 1. The normalized spacial score (nSPS) is 10.9. The van der Waals surface area contributed by atoms with Gasteiger partial charge in [0.2, 0.25) is 0 Å². The predicted octanol–water partition coefficient (Wildman–Crippen LogP) is 3.74. The number of nitrogens with zero attached hydrogens (tertiary/aromatic N) is 1. The number of nitriles is 1. The molecule has 2 aromatic rings. The Kier molecular flexibility index (Phi) is 5.75. The van der Waals surface area contributed by atoms with Crippen molar-refractivity contribution in [1.29, 1.82) is 5.26 Å². The second-order valence-electron chi connectivity index (χ2n) is 4.33. The molecule has 2 rings (SSSR count). The quantitative estimate of drug-likeness (QED) is 0.638. The largest absolute Gasteiger partial charge is 0.496 e. The molecule has 22 heavy (non-hydrogen) atoms. The van der Waals surface area contributed by atoms with E-state index in [0.29, 0.717) is 12.3 Å². The lowest BCUT2D eigenvalue weighted by atomic mass is 10.1. The Bertz CT molecular complexity index is 733. The molecule has 112 valence electrons. The van der Waals surface area contributed by atoms with E-state index in [1.165, 1.54) is 0 Å². The number of hydrogen-bond acceptors (Lipinski definition) is 4. The Morgan fingerprint density at radius 2 is 2.32 bits per heavy atom. The zero-order chi connectivity index (χ0) is 15.9. The van der Waals surface area contributed by atoms with Gasteiger partial charge in [-0.2, -0.15) is 5.26 Å². The Labute approximate surface area is 141 Å². The average Bonchev–Trinajstić information content (AvgIpc) is 3.04. The van der Waals surface area contributed by atoms with Crippen LogP contribution in [0.4, 0.5) is 0 Å². The monoisotopic (exact) mass is 376 g/mol. The summed E-state index contributed by atoms with van der Waals surface area (Å²) < 4.78 is 5.91. The molecule has 0 saturated heterocycles. The molecular weight excluding hydrogens is 364 g/mol. The summed E-state index contributed by atoms with van der Waals surface area (Å²) in [6.45, 7) is 0.418. The van der Waals surface area contributed by atoms with E-state index in [0.717, 1.165) is 14.9 Å². The van der Waals surface area contributed by atoms with Crippen LogP contribution in [-0.4, -0.2) is 13.0 Å². The Morgan fingerprint density at radius 3 is 2.91 bits per heavy atom. The third-order valence-corrected chi connectivity index (χ3v) is 4.35. The second kappa shape index (κ2) is 7.78. The molecule has 1 heterocycles. The molecule has 1 N–H and O–H groups in total. The molecule has 1 aromatic heterocycles. The van der Waals surface area contributed by atoms with Gasteiger partial charge in [-0.1, -0.05) is 12.1 Å². The van der Waals surface area contributed by atoms with Crippen LogP contribution >= 0.6 is 27.3 Å². The molecule has 0 saturated carbocycles. The van der Waals surface area contributed by atoms with Crippen LogP contribution in [-0.2, 0) is 11.3 Å². The molecule has 0 unspecified atom stereocenters. The molecule has 0 aliphatic heterocycles. The van der Waals surface area contributed by atoms with Gasteiger partial charge in [0, 0.05) is 4.88 Å². The van der Waals surface area contributed by atoms with E-state index >= 15 is 0 Å². The predicted molar refractivity (Wildman–Crippen MR) is 90.4 cm³/mol. The SMILES string of the molecule is COc1ccc(C=C(C#N)C(=O)NCc2cccs2)cc1Br. The highest BCUT2D eigenvalue weighted by Crippen LogP contribution is 2.26. The first-order chi connectivity index (χ1) is 10.6. The molecule has 6 heteroatoms. The van der Waals surface area contributed by atoms with Crippen molar-refractivity contribution in [2.45, 2.75) is 6.54 Å². The lowest BCUT2D eigenvalue weighted by Gasteiger charge is -2.05. The van der Waals surface area contributed by atoms with E-state index < -0.39 is 0 Å². The van der Waals surface area contributed by atoms with Crippen LogP contribution in [0.25, 0.3) is 6.08 Å². The summed E-state index contributed by atoms with van der Waals surface area (Å²) in [7, 11) is 1.58. The fraction of sp³-hybridized carbons (Fsp3) is 0.125. The minimum atomic E-state index is -0.386. The van der Waals surface area contributed by atoms with Gasteiger partial charge < -0.3 is 10.1 Å². The number of carbonyl (C=O) groups excluding carboxylic acids is 1. The van der Waals surface area contributed by atoms with Crippen molar-refractivity contribution < 1.29 is 9.53 Å². The highest BCUT2D eigenvalue weighted by molar-refractivity contribution is 9.10. The van der Waals surface area contributed by atoms with Gasteiger partial charge in [0.1, 0.15) is 17.4 Å². The molecule has 0 fully saturated rings. The summed E-state index contributed by atoms with van der Waals surface area (Å²) >= 11 is 4.93. The third kappa shape index (κ3) is 4.20. The molecule has 0 aliphatic rings. The number of amides is 1. The number of benzene rings is 1. The van der Waals surface area contributed by atoms with E-state index in [-0.39, 0.29) is 11.5 Å². The molecule has 1 aromatic carbocycles. The Balaban J connectivity index is 2.11. The summed E-state index contributed by atoms with van der Waals surface area (Å²) in [4.78, 5) is 13.1. The first-order valence-electron chi connectivity index (χ1n) is 6.40. The first-order valence-corrected chi connectivity index (χ1v) is 8.07. The molecule has 0 aliphatic carbocycles. The average molecular weight is 377 g/mol. The maximum Gasteiger partial charge on any atom is 0.262 e. The minimum Gasteiger partial charge on any atom is -0.496 e. The minimum absolute atomic E-state index is 0.0635. The summed E-state index contributed by atoms with van der Waals surface area (Å²) in [5.74, 6) is 0.306. The zero-order valence-electron chi connectivity index (χ0n) is 11.8. The van der Waals surface area contributed by atoms with Crippen molar-refractivity contribution in [3.8, 4) is 11.8 Å². The van der Waals surface area contributed by atoms with Gasteiger partial charge in [0.05, 0.1) is 18.1 Å². The van der Waals surface area contributed by atoms with Gasteiger partial charge >= 0.3 is 0 Å². The maximum absolute atomic E-state index is 12.0. The van der Waals surface area contributed by atoms with Crippen LogP contribution in [0, 0.1) is 11.3 Å². The van der Waals surface area contributed by atoms with Gasteiger partial charge in [-0.05, 0) is 51.1 Å². The van der Waals surface area contributed by atoms with Crippen LogP contribution in [0.5, 0.6) is 5.75 Å². The van der Waals surface area contributed by atoms with Crippen molar-refractivity contribution in [3.05, 3.63) is 56.2 Å². The zero-order valence-corrected chi connectivity index (χ0v) is 14.2. The number of carbonyl (C=O) groups is 1. The van der Waals surface area contributed by atoms with Gasteiger partial charge in [-0.15, -0.1) is 11.3 Å². The second-order valence-corrected chi connectivity index (χ2v) is 6.21. The Hall–Kier alpha value is -2.10. The van der Waals surface area contributed by atoms with Crippen LogP contribution in [0.2, 0.25) is 0 Å². The molecule has 1 amide bonds. The number of rotatable bonds is 5. The topological polar surface area (TPSA) is 62.1 Å². The molecule has 0 radical (unpaired) electrons. The van der Waals surface area contributed by atoms with Crippen molar-refractivity contribution >= 4 is 39.2 Å². The summed E-state index contributed by atoms with van der Waals surface area (Å²) in [5, 5.41) is 13.9. The van der Waals surface area contributed by atoms with Gasteiger partial charge in [-0.25, -0.2) is 0 Å². The van der Waals surface area contributed by atoms with Crippen molar-refractivity contribution in [2.75, 3.05) is 7.11 Å². The van der Waals surface area contributed by atoms with Crippen molar-refractivity contribution in [2.24, 2.45) is 0 Å². The number of nitrogens with one attached hydrogen (secondary N) is 1.